The molecule has 1 unspecified atom stereocenters. The number of aromatic carboxylic acids is 1. The molecule has 0 amide bonds. The summed E-state index contributed by atoms with van der Waals surface area (Å²) in [5.41, 5.74) is 6.40. The van der Waals surface area contributed by atoms with Crippen LogP contribution < -0.4 is 11.6 Å². The van der Waals surface area contributed by atoms with E-state index in [-0.39, 0.29) is 28.6 Å². The fourth-order valence-electron chi connectivity index (χ4n) is 3.68. The van der Waals surface area contributed by atoms with E-state index in [4.69, 9.17) is 17.0 Å². The highest BCUT2D eigenvalue weighted by Crippen LogP contribution is 2.46. The molecule has 9 heteroatoms. The lowest BCUT2D eigenvalue weighted by atomic mass is 9.66. The van der Waals surface area contributed by atoms with Gasteiger partial charge in [0.05, 0.1) is 15.9 Å². The number of carboxylic acid groups (broad SMARTS) is 1. The van der Waals surface area contributed by atoms with E-state index in [1.807, 2.05) is 30.3 Å². The van der Waals surface area contributed by atoms with E-state index in [1.54, 1.807) is 0 Å². The van der Waals surface area contributed by atoms with Crippen LogP contribution in [0.2, 0.25) is 0 Å². The topological polar surface area (TPSA) is 155 Å². The van der Waals surface area contributed by atoms with Crippen molar-refractivity contribution in [1.82, 2.24) is 0 Å². The number of nitrogens with zero attached hydrogens (tertiary/aromatic N) is 2. The number of fused-ring (bicyclic) bond motifs is 1. The van der Waals surface area contributed by atoms with Crippen molar-refractivity contribution in [3.8, 4) is 0 Å². The Morgan fingerprint density at radius 3 is 2.67 bits per heavy atom. The number of carboxylic acids is 1. The Morgan fingerprint density at radius 1 is 1.33 bits per heavy atom. The zero-order valence-corrected chi connectivity index (χ0v) is 15.3. The quantitative estimate of drug-likeness (QED) is 0.204. The molecule has 1 aromatic heterocycles. The molecule has 1 heterocycles. The van der Waals surface area contributed by atoms with Crippen LogP contribution in [0, 0.1) is 5.41 Å². The number of amidine groups is 1. The summed E-state index contributed by atoms with van der Waals surface area (Å²) in [6.07, 6.45) is 1.44. The highest BCUT2D eigenvalue weighted by Gasteiger charge is 2.46. The molecule has 0 spiro atoms. The Hall–Kier alpha value is -3.07. The second kappa shape index (κ2) is 7.28. The molecule has 0 bridgehead atoms. The summed E-state index contributed by atoms with van der Waals surface area (Å²) in [5, 5.41) is 24.0. The molecule has 1 aliphatic carbocycles. The number of hydrogen-bond acceptors (Lipinski definition) is 6. The number of nitrogen functional groups attached to an aromatic ring is 1. The Morgan fingerprint density at radius 2 is 2.04 bits per heavy atom. The predicted molar refractivity (Wildman–Crippen MR) is 102 cm³/mol. The molecular weight excluding hydrogens is 366 g/mol. The van der Waals surface area contributed by atoms with Gasteiger partial charge < -0.3 is 16.7 Å². The lowest BCUT2D eigenvalue weighted by molar-refractivity contribution is 0.0697. The minimum atomic E-state index is -1.12. The number of carbonyl (C=O) groups excluding carboxylic acids is 1. The summed E-state index contributed by atoms with van der Waals surface area (Å²) in [5.74, 6) is 3.72. The summed E-state index contributed by atoms with van der Waals surface area (Å²) in [7, 11) is 0. The monoisotopic (exact) mass is 385 g/mol. The van der Waals surface area contributed by atoms with E-state index in [1.165, 1.54) is 0 Å². The minimum absolute atomic E-state index is 0.0108. The van der Waals surface area contributed by atoms with E-state index in [9.17, 15) is 14.7 Å². The molecule has 0 saturated heterocycles. The zero-order chi connectivity index (χ0) is 19.6. The average molecular weight is 385 g/mol. The molecular formula is C18H19N5O3S. The summed E-state index contributed by atoms with van der Waals surface area (Å²) in [6.45, 7) is 0. The molecule has 140 valence electrons. The predicted octanol–water partition coefficient (Wildman–Crippen LogP) is 3.18. The van der Waals surface area contributed by atoms with Gasteiger partial charge in [0.15, 0.2) is 5.78 Å². The summed E-state index contributed by atoms with van der Waals surface area (Å²) in [6, 6.07) is 9.34. The van der Waals surface area contributed by atoms with Gasteiger partial charge in [0.25, 0.3) is 0 Å². The highest BCUT2D eigenvalue weighted by atomic mass is 32.1. The molecule has 8 nitrogen and oxygen atoms in total. The van der Waals surface area contributed by atoms with Crippen LogP contribution in [0.4, 0.5) is 5.00 Å². The lowest BCUT2D eigenvalue weighted by Gasteiger charge is -2.36. The molecule has 1 atom stereocenters. The summed E-state index contributed by atoms with van der Waals surface area (Å²) >= 11 is 1.03. The second-order valence-electron chi connectivity index (χ2n) is 6.39. The van der Waals surface area contributed by atoms with Gasteiger partial charge in [-0.2, -0.15) is 0 Å². The van der Waals surface area contributed by atoms with E-state index in [2.05, 4.69) is 10.3 Å². The average Bonchev–Trinajstić information content (AvgIpc) is 2.99. The number of carbonyl (C=O) groups is 2. The van der Waals surface area contributed by atoms with Crippen molar-refractivity contribution in [1.29, 1.82) is 5.41 Å². The van der Waals surface area contributed by atoms with Gasteiger partial charge in [-0.3, -0.25) is 10.2 Å². The van der Waals surface area contributed by atoms with Gasteiger partial charge in [-0.05, 0) is 30.4 Å². The Bertz CT molecular complexity index is 938. The highest BCUT2D eigenvalue weighted by molar-refractivity contribution is 7.18. The van der Waals surface area contributed by atoms with E-state index in [0.29, 0.717) is 29.7 Å². The molecule has 3 rings (SSSR count). The van der Waals surface area contributed by atoms with Crippen LogP contribution in [-0.4, -0.2) is 22.7 Å². The van der Waals surface area contributed by atoms with Gasteiger partial charge in [-0.15, -0.1) is 16.5 Å². The maximum atomic E-state index is 13.5. The van der Waals surface area contributed by atoms with Crippen LogP contribution in [0.3, 0.4) is 0 Å². The number of ketones is 1. The molecule has 0 saturated carbocycles. The van der Waals surface area contributed by atoms with Gasteiger partial charge in [0.2, 0.25) is 0 Å². The van der Waals surface area contributed by atoms with Gasteiger partial charge >= 0.3 is 5.97 Å². The minimum Gasteiger partial charge on any atom is -0.478 e. The van der Waals surface area contributed by atoms with Crippen molar-refractivity contribution in [2.45, 2.75) is 31.1 Å². The maximum Gasteiger partial charge on any atom is 0.338 e. The maximum absolute atomic E-state index is 13.5. The lowest BCUT2D eigenvalue weighted by Crippen LogP contribution is -2.40. The molecule has 27 heavy (non-hydrogen) atoms. The van der Waals surface area contributed by atoms with Gasteiger partial charge in [-0.25, -0.2) is 4.79 Å². The van der Waals surface area contributed by atoms with Crippen LogP contribution in [0.5, 0.6) is 0 Å². The van der Waals surface area contributed by atoms with Crippen molar-refractivity contribution < 1.29 is 14.7 Å². The molecule has 2 aromatic rings. The van der Waals surface area contributed by atoms with E-state index in [0.717, 1.165) is 16.9 Å². The first-order chi connectivity index (χ1) is 12.9. The zero-order valence-electron chi connectivity index (χ0n) is 14.4. The SMILES string of the molecule is N=C(CCC1(c2ccccc2)CCc2c(sc(N)c2C(=O)O)C1=O)N=NN. The van der Waals surface area contributed by atoms with E-state index >= 15 is 0 Å². The number of anilines is 1. The number of benzene rings is 1. The third-order valence-corrected chi connectivity index (χ3v) is 6.04. The van der Waals surface area contributed by atoms with Crippen LogP contribution >= 0.6 is 11.3 Å². The first-order valence-corrected chi connectivity index (χ1v) is 9.15. The van der Waals surface area contributed by atoms with Crippen molar-refractivity contribution in [3.63, 3.8) is 0 Å². The van der Waals surface area contributed by atoms with Gasteiger partial charge in [0.1, 0.15) is 10.8 Å². The summed E-state index contributed by atoms with van der Waals surface area (Å²) in [4.78, 5) is 25.4. The van der Waals surface area contributed by atoms with Crippen LogP contribution in [0.25, 0.3) is 0 Å². The number of nitrogens with two attached hydrogens (primary N) is 2. The van der Waals surface area contributed by atoms with Gasteiger partial charge in [0, 0.05) is 6.42 Å². The fraction of sp³-hybridized carbons (Fsp3) is 0.278. The number of rotatable bonds is 5. The standard InChI is InChI=1S/C18H19N5O3S/c19-12(22-23-21)7-9-18(10-4-2-1-3-5-10)8-6-11-13(17(25)26)16(20)27-14(11)15(18)24/h1-5H,6-9,20H2,(H,25,26)(H3,19,21,22). The second-order valence-corrected chi connectivity index (χ2v) is 7.45. The number of thiophene rings is 1. The van der Waals surface area contributed by atoms with Crippen LogP contribution in [0.1, 0.15) is 50.4 Å². The van der Waals surface area contributed by atoms with Crippen LogP contribution in [0.15, 0.2) is 40.7 Å². The molecule has 0 aliphatic heterocycles. The Kier molecular flexibility index (Phi) is 5.04. The third kappa shape index (κ3) is 3.21. The normalized spacial score (nSPS) is 19.2. The smallest absolute Gasteiger partial charge is 0.338 e. The molecule has 1 aromatic carbocycles. The molecule has 0 radical (unpaired) electrons. The molecule has 1 aliphatic rings. The number of Topliss-reactive ketones (excluding diaryl/α,β-unsaturated/α-hetero) is 1. The fourth-order valence-corrected chi connectivity index (χ4v) is 4.83. The largest absolute Gasteiger partial charge is 0.478 e. The van der Waals surface area contributed by atoms with Crippen molar-refractivity contribution in [2.75, 3.05) is 5.73 Å². The van der Waals surface area contributed by atoms with E-state index < -0.39 is 11.4 Å². The first kappa shape index (κ1) is 18.7. The number of hydrogen-bond donors (Lipinski definition) is 4. The number of nitrogens with one attached hydrogen (secondary N) is 1. The molecule has 6 N–H and O–H groups in total. The van der Waals surface area contributed by atoms with Crippen molar-refractivity contribution in [3.05, 3.63) is 51.9 Å². The van der Waals surface area contributed by atoms with Crippen LogP contribution in [-0.2, 0) is 11.8 Å². The molecule has 0 fully saturated rings. The first-order valence-electron chi connectivity index (χ1n) is 8.34. The van der Waals surface area contributed by atoms with Crippen molar-refractivity contribution in [2.24, 2.45) is 16.2 Å². The Balaban J connectivity index is 2.07. The van der Waals surface area contributed by atoms with Gasteiger partial charge in [-0.1, -0.05) is 35.6 Å². The van der Waals surface area contributed by atoms with Crippen molar-refractivity contribution >= 4 is 33.9 Å². The Labute approximate surface area is 159 Å². The third-order valence-electron chi connectivity index (χ3n) is 4.98. The summed E-state index contributed by atoms with van der Waals surface area (Å²) < 4.78 is 0.